The Labute approximate surface area is 101 Å². The van der Waals surface area contributed by atoms with Crippen molar-refractivity contribution < 1.29 is 0 Å². The third-order valence-corrected chi connectivity index (χ3v) is 4.56. The maximum absolute atomic E-state index is 3.81. The van der Waals surface area contributed by atoms with E-state index in [1.807, 2.05) is 0 Å². The van der Waals surface area contributed by atoms with E-state index in [2.05, 4.69) is 24.3 Å². The van der Waals surface area contributed by atoms with Gasteiger partial charge in [0.15, 0.2) is 0 Å². The molecule has 0 heterocycles. The van der Waals surface area contributed by atoms with Gasteiger partial charge >= 0.3 is 0 Å². The molecule has 2 nitrogen and oxygen atoms in total. The highest BCUT2D eigenvalue weighted by atomic mass is 15.1. The van der Waals surface area contributed by atoms with Crippen LogP contribution in [0.3, 0.4) is 0 Å². The summed E-state index contributed by atoms with van der Waals surface area (Å²) in [7, 11) is 4.43. The normalized spacial score (nSPS) is 32.4. The molecular weight excluding hydrogens is 196 g/mol. The van der Waals surface area contributed by atoms with E-state index in [1.165, 1.54) is 57.9 Å². The maximum Gasteiger partial charge on any atom is 0.0105 e. The quantitative estimate of drug-likeness (QED) is 0.790. The van der Waals surface area contributed by atoms with Crippen molar-refractivity contribution in [2.45, 2.75) is 63.5 Å². The van der Waals surface area contributed by atoms with Crippen molar-refractivity contribution in [2.75, 3.05) is 20.6 Å². The van der Waals surface area contributed by atoms with E-state index in [9.17, 15) is 0 Å². The molecule has 2 fully saturated rings. The minimum absolute atomic E-state index is 0.800. The fraction of sp³-hybridized carbons (Fsp3) is 1.00. The van der Waals surface area contributed by atoms with Crippen LogP contribution in [0.25, 0.3) is 0 Å². The predicted molar refractivity (Wildman–Crippen MR) is 69.7 cm³/mol. The first kappa shape index (κ1) is 12.4. The molecule has 2 rings (SSSR count). The van der Waals surface area contributed by atoms with Crippen LogP contribution in [0.5, 0.6) is 0 Å². The maximum atomic E-state index is 3.81. The number of hydrogen-bond donors (Lipinski definition) is 1. The van der Waals surface area contributed by atoms with Crippen LogP contribution in [0.2, 0.25) is 0 Å². The summed E-state index contributed by atoms with van der Waals surface area (Å²) in [5, 5.41) is 3.81. The molecule has 0 bridgehead atoms. The van der Waals surface area contributed by atoms with E-state index in [0.29, 0.717) is 0 Å². The van der Waals surface area contributed by atoms with E-state index in [4.69, 9.17) is 0 Å². The van der Waals surface area contributed by atoms with E-state index < -0.39 is 0 Å². The second-order valence-electron chi connectivity index (χ2n) is 6.04. The van der Waals surface area contributed by atoms with Crippen LogP contribution in [-0.4, -0.2) is 37.6 Å². The van der Waals surface area contributed by atoms with Gasteiger partial charge in [-0.1, -0.05) is 19.3 Å². The van der Waals surface area contributed by atoms with Crippen molar-refractivity contribution in [3.63, 3.8) is 0 Å². The Bertz CT molecular complexity index is 197. The summed E-state index contributed by atoms with van der Waals surface area (Å²) < 4.78 is 0. The fourth-order valence-electron chi connectivity index (χ4n) is 3.34. The molecular formula is C14H28N2. The fourth-order valence-corrected chi connectivity index (χ4v) is 3.34. The van der Waals surface area contributed by atoms with Crippen molar-refractivity contribution in [2.24, 2.45) is 5.92 Å². The topological polar surface area (TPSA) is 15.3 Å². The lowest BCUT2D eigenvalue weighted by Gasteiger charge is -2.24. The Morgan fingerprint density at radius 1 is 1.00 bits per heavy atom. The monoisotopic (exact) mass is 224 g/mol. The molecule has 1 N–H and O–H groups in total. The minimum atomic E-state index is 0.800. The standard InChI is InChI=1S/C14H28N2/c1-16(2)14-9-8-13(10-14)15-11-12-6-4-3-5-7-12/h12-15H,3-11H2,1-2H3. The molecule has 0 radical (unpaired) electrons. The summed E-state index contributed by atoms with van der Waals surface area (Å²) in [4.78, 5) is 2.39. The first-order chi connectivity index (χ1) is 7.75. The average Bonchev–Trinajstić information content (AvgIpc) is 2.76. The van der Waals surface area contributed by atoms with Crippen molar-refractivity contribution >= 4 is 0 Å². The molecule has 0 aromatic rings. The van der Waals surface area contributed by atoms with E-state index in [-0.39, 0.29) is 0 Å². The summed E-state index contributed by atoms with van der Waals surface area (Å²) in [5.74, 6) is 0.979. The minimum Gasteiger partial charge on any atom is -0.314 e. The van der Waals surface area contributed by atoms with Crippen LogP contribution in [0.15, 0.2) is 0 Å². The zero-order chi connectivity index (χ0) is 11.4. The molecule has 0 aromatic carbocycles. The molecule has 2 aliphatic rings. The number of nitrogens with zero attached hydrogens (tertiary/aromatic N) is 1. The van der Waals surface area contributed by atoms with Gasteiger partial charge in [-0.15, -0.1) is 0 Å². The first-order valence-electron chi connectivity index (χ1n) is 7.15. The van der Waals surface area contributed by atoms with Gasteiger partial charge in [0.2, 0.25) is 0 Å². The Kier molecular flexibility index (Phi) is 4.66. The highest BCUT2D eigenvalue weighted by Crippen LogP contribution is 2.25. The van der Waals surface area contributed by atoms with Crippen LogP contribution in [0.4, 0.5) is 0 Å². The van der Waals surface area contributed by atoms with Gasteiger partial charge in [-0.05, 0) is 58.7 Å². The van der Waals surface area contributed by atoms with Crippen LogP contribution in [0, 0.1) is 5.92 Å². The summed E-state index contributed by atoms with van der Waals surface area (Å²) in [6, 6.07) is 1.62. The predicted octanol–water partition coefficient (Wildman–Crippen LogP) is 2.64. The first-order valence-corrected chi connectivity index (χ1v) is 7.15. The zero-order valence-electron chi connectivity index (χ0n) is 11.0. The molecule has 0 aromatic heterocycles. The molecule has 2 unspecified atom stereocenters. The number of rotatable bonds is 4. The summed E-state index contributed by atoms with van der Waals surface area (Å²) >= 11 is 0. The molecule has 0 spiro atoms. The van der Waals surface area contributed by atoms with Gasteiger partial charge in [0.05, 0.1) is 0 Å². The Morgan fingerprint density at radius 2 is 1.75 bits per heavy atom. The molecule has 2 aliphatic carbocycles. The van der Waals surface area contributed by atoms with Crippen molar-refractivity contribution in [3.05, 3.63) is 0 Å². The molecule has 0 aliphatic heterocycles. The summed E-state index contributed by atoms with van der Waals surface area (Å²) in [6.45, 7) is 1.28. The van der Waals surface area contributed by atoms with Crippen molar-refractivity contribution in [1.82, 2.24) is 10.2 Å². The number of nitrogens with one attached hydrogen (secondary N) is 1. The Morgan fingerprint density at radius 3 is 2.38 bits per heavy atom. The van der Waals surface area contributed by atoms with E-state index in [1.54, 1.807) is 0 Å². The second kappa shape index (κ2) is 6.02. The lowest BCUT2D eigenvalue weighted by Crippen LogP contribution is -2.34. The SMILES string of the molecule is CN(C)C1CCC(NCC2CCCCC2)C1. The zero-order valence-corrected chi connectivity index (χ0v) is 11.0. The van der Waals surface area contributed by atoms with Gasteiger partial charge in [-0.3, -0.25) is 0 Å². The molecule has 16 heavy (non-hydrogen) atoms. The van der Waals surface area contributed by atoms with Gasteiger partial charge in [0, 0.05) is 12.1 Å². The van der Waals surface area contributed by atoms with Crippen LogP contribution < -0.4 is 5.32 Å². The van der Waals surface area contributed by atoms with Gasteiger partial charge in [-0.25, -0.2) is 0 Å². The van der Waals surface area contributed by atoms with E-state index in [0.717, 1.165) is 18.0 Å². The van der Waals surface area contributed by atoms with Gasteiger partial charge in [0.25, 0.3) is 0 Å². The highest BCUT2D eigenvalue weighted by Gasteiger charge is 2.26. The lowest BCUT2D eigenvalue weighted by molar-refractivity contribution is 0.287. The Balaban J connectivity index is 1.63. The van der Waals surface area contributed by atoms with Crippen LogP contribution >= 0.6 is 0 Å². The lowest BCUT2D eigenvalue weighted by atomic mass is 9.89. The highest BCUT2D eigenvalue weighted by molar-refractivity contribution is 4.85. The molecule has 0 amide bonds. The number of hydrogen-bond acceptors (Lipinski definition) is 2. The largest absolute Gasteiger partial charge is 0.314 e. The van der Waals surface area contributed by atoms with Gasteiger partial charge in [0.1, 0.15) is 0 Å². The summed E-state index contributed by atoms with van der Waals surface area (Å²) in [5.41, 5.74) is 0. The van der Waals surface area contributed by atoms with Crippen LogP contribution in [-0.2, 0) is 0 Å². The third-order valence-electron chi connectivity index (χ3n) is 4.56. The summed E-state index contributed by atoms with van der Waals surface area (Å²) in [6.07, 6.45) is 11.5. The molecule has 2 saturated carbocycles. The van der Waals surface area contributed by atoms with Crippen LogP contribution in [0.1, 0.15) is 51.4 Å². The van der Waals surface area contributed by atoms with Crippen molar-refractivity contribution in [3.8, 4) is 0 Å². The molecule has 94 valence electrons. The molecule has 0 saturated heterocycles. The molecule has 2 atom stereocenters. The van der Waals surface area contributed by atoms with Gasteiger partial charge in [-0.2, -0.15) is 0 Å². The van der Waals surface area contributed by atoms with E-state index >= 15 is 0 Å². The Hall–Kier alpha value is -0.0800. The van der Waals surface area contributed by atoms with Gasteiger partial charge < -0.3 is 10.2 Å². The molecule has 2 heteroatoms. The smallest absolute Gasteiger partial charge is 0.0105 e. The van der Waals surface area contributed by atoms with Crippen molar-refractivity contribution in [1.29, 1.82) is 0 Å². The second-order valence-corrected chi connectivity index (χ2v) is 6.04. The third kappa shape index (κ3) is 3.46. The average molecular weight is 224 g/mol.